The minimum absolute atomic E-state index is 0.124. The van der Waals surface area contributed by atoms with Crippen LogP contribution in [0.3, 0.4) is 0 Å². The maximum absolute atomic E-state index is 13.7. The first-order valence-corrected chi connectivity index (χ1v) is 12.9. The number of imidazole rings is 1. The molecule has 1 saturated heterocycles. The molecule has 0 bridgehead atoms. The number of nitrogens with zero attached hydrogens (tertiary/aromatic N) is 4. The van der Waals surface area contributed by atoms with Gasteiger partial charge in [0, 0.05) is 45.1 Å². The van der Waals surface area contributed by atoms with Gasteiger partial charge in [-0.2, -0.15) is 0 Å². The van der Waals surface area contributed by atoms with Gasteiger partial charge in [-0.3, -0.25) is 4.79 Å². The number of H-pyrrole nitrogens is 1. The summed E-state index contributed by atoms with van der Waals surface area (Å²) in [5, 5.41) is 6.14. The second-order valence-corrected chi connectivity index (χ2v) is 9.96. The Morgan fingerprint density at radius 3 is 2.62 bits per heavy atom. The normalized spacial score (nSPS) is 19.3. The Hall–Kier alpha value is -3.45. The number of aromatic nitrogens is 4. The van der Waals surface area contributed by atoms with Gasteiger partial charge < -0.3 is 34.7 Å². The maximum Gasteiger partial charge on any atom is 0.230 e. The number of methoxy groups -OCH3 is 1. The second kappa shape index (κ2) is 13.1. The molecule has 11 nitrogen and oxygen atoms in total. The molecule has 1 aliphatic heterocycles. The van der Waals surface area contributed by atoms with Crippen LogP contribution in [-0.4, -0.2) is 91.4 Å². The molecule has 2 aromatic heterocycles. The van der Waals surface area contributed by atoms with Crippen molar-refractivity contribution in [3.05, 3.63) is 48.2 Å². The number of nitrogens with one attached hydrogen (secondary N) is 3. The van der Waals surface area contributed by atoms with Crippen LogP contribution in [0.1, 0.15) is 25.5 Å². The van der Waals surface area contributed by atoms with Crippen LogP contribution < -0.4 is 10.6 Å². The largest absolute Gasteiger partial charge is 0.385 e. The third-order valence-electron chi connectivity index (χ3n) is 6.28. The summed E-state index contributed by atoms with van der Waals surface area (Å²) < 4.78 is 30.7. The van der Waals surface area contributed by atoms with Gasteiger partial charge in [-0.1, -0.05) is 0 Å². The summed E-state index contributed by atoms with van der Waals surface area (Å²) in [5.74, 6) is 0.419. The lowest BCUT2D eigenvalue weighted by Gasteiger charge is -2.35. The second-order valence-electron chi connectivity index (χ2n) is 9.96. The average Bonchev–Trinajstić information content (AvgIpc) is 3.37. The van der Waals surface area contributed by atoms with E-state index in [1.54, 1.807) is 31.5 Å². The molecule has 3 N–H and O–H groups in total. The molecule has 0 spiro atoms. The van der Waals surface area contributed by atoms with E-state index in [0.29, 0.717) is 54.1 Å². The van der Waals surface area contributed by atoms with Crippen LogP contribution in [0.2, 0.25) is 0 Å². The molecule has 3 aromatic rings. The van der Waals surface area contributed by atoms with E-state index in [4.69, 9.17) is 19.2 Å². The van der Waals surface area contributed by atoms with E-state index >= 15 is 0 Å². The topological polar surface area (TPSA) is 127 Å². The lowest BCUT2D eigenvalue weighted by Crippen LogP contribution is -2.49. The number of hydrogen-bond acceptors (Lipinski definition) is 9. The van der Waals surface area contributed by atoms with Gasteiger partial charge in [-0.25, -0.2) is 19.3 Å². The molecule has 1 aromatic carbocycles. The van der Waals surface area contributed by atoms with Crippen molar-refractivity contribution in [2.75, 3.05) is 66.0 Å². The molecule has 4 rings (SSSR count). The number of amides is 1. The highest BCUT2D eigenvalue weighted by molar-refractivity contribution is 5.82. The number of hydrogen-bond donors (Lipinski definition) is 3. The van der Waals surface area contributed by atoms with E-state index in [9.17, 15) is 9.18 Å². The summed E-state index contributed by atoms with van der Waals surface area (Å²) in [6.07, 6.45) is 1.65. The van der Waals surface area contributed by atoms with Crippen LogP contribution in [0.5, 0.6) is 0 Å². The highest BCUT2D eigenvalue weighted by Gasteiger charge is 2.40. The number of aromatic amines is 1. The van der Waals surface area contributed by atoms with Gasteiger partial charge in [0.15, 0.2) is 5.82 Å². The molecular formula is C27H36FN7O4. The summed E-state index contributed by atoms with van der Waals surface area (Å²) >= 11 is 0. The van der Waals surface area contributed by atoms with Gasteiger partial charge in [0.1, 0.15) is 5.82 Å². The fraction of sp³-hybridized carbons (Fsp3) is 0.481. The molecule has 1 amide bonds. The van der Waals surface area contributed by atoms with Crippen molar-refractivity contribution in [2.45, 2.75) is 19.6 Å². The van der Waals surface area contributed by atoms with Crippen molar-refractivity contribution in [3.63, 3.8) is 0 Å². The molecule has 210 valence electrons. The molecule has 12 heteroatoms. The summed E-state index contributed by atoms with van der Waals surface area (Å²) in [4.78, 5) is 31.8. The average molecular weight is 542 g/mol. The van der Waals surface area contributed by atoms with Crippen molar-refractivity contribution < 1.29 is 23.4 Å². The first-order valence-electron chi connectivity index (χ1n) is 12.9. The smallest absolute Gasteiger partial charge is 0.230 e. The number of carbonyl (C=O) groups excluding carboxylic acids is 1. The Balaban J connectivity index is 1.54. The summed E-state index contributed by atoms with van der Waals surface area (Å²) in [6.45, 7) is 4.70. The van der Waals surface area contributed by atoms with E-state index in [1.165, 1.54) is 12.1 Å². The van der Waals surface area contributed by atoms with Crippen LogP contribution in [0.15, 0.2) is 36.5 Å². The van der Waals surface area contributed by atoms with Gasteiger partial charge in [-0.05, 0) is 57.8 Å². The quantitative estimate of drug-likeness (QED) is 0.297. The Morgan fingerprint density at radius 1 is 1.18 bits per heavy atom. The number of rotatable bonds is 12. The van der Waals surface area contributed by atoms with Crippen LogP contribution in [-0.2, 0) is 19.0 Å². The van der Waals surface area contributed by atoms with Crippen LogP contribution in [0, 0.1) is 11.2 Å². The number of carbonyl (C=O) groups is 1. The Bertz CT molecular complexity index is 1230. The van der Waals surface area contributed by atoms with Gasteiger partial charge in [0.25, 0.3) is 0 Å². The van der Waals surface area contributed by atoms with E-state index in [1.807, 2.05) is 25.9 Å². The van der Waals surface area contributed by atoms with Crippen molar-refractivity contribution >= 4 is 11.9 Å². The zero-order chi connectivity index (χ0) is 27.8. The Morgan fingerprint density at radius 2 is 1.92 bits per heavy atom. The molecule has 0 saturated carbocycles. The molecule has 0 radical (unpaired) electrons. The minimum Gasteiger partial charge on any atom is -0.385 e. The lowest BCUT2D eigenvalue weighted by molar-refractivity contribution is -0.231. The summed E-state index contributed by atoms with van der Waals surface area (Å²) in [6, 6.07) is 7.83. The van der Waals surface area contributed by atoms with Gasteiger partial charge in [0.05, 0.1) is 35.7 Å². The fourth-order valence-electron chi connectivity index (χ4n) is 4.01. The minimum atomic E-state index is -0.825. The molecule has 0 aliphatic carbocycles. The first-order chi connectivity index (χ1) is 18.8. The third-order valence-corrected chi connectivity index (χ3v) is 6.28. The molecule has 1 aliphatic rings. The Kier molecular flexibility index (Phi) is 9.57. The standard InChI is InChI=1S/C27H36FN7O4/c1-27(25(36)29-13-14-35(2)3)16-38-24(39-17-27)23-33-21(18-6-8-19(28)9-7-18)22(34-23)20-10-12-31-26(32-20)30-11-5-15-37-4/h6-10,12,24H,5,11,13-17H2,1-4H3,(H,29,36)(H,33,34)(H,30,31,32). The predicted octanol–water partition coefficient (Wildman–Crippen LogP) is 2.85. The van der Waals surface area contributed by atoms with Crippen LogP contribution in [0.25, 0.3) is 22.6 Å². The number of anilines is 1. The van der Waals surface area contributed by atoms with Gasteiger partial charge in [0.2, 0.25) is 18.1 Å². The van der Waals surface area contributed by atoms with Crippen molar-refractivity contribution in [1.82, 2.24) is 30.2 Å². The highest BCUT2D eigenvalue weighted by Crippen LogP contribution is 2.35. The van der Waals surface area contributed by atoms with Crippen molar-refractivity contribution in [1.29, 1.82) is 0 Å². The number of benzene rings is 1. The van der Waals surface area contributed by atoms with Crippen LogP contribution in [0.4, 0.5) is 10.3 Å². The fourth-order valence-corrected chi connectivity index (χ4v) is 4.01. The van der Waals surface area contributed by atoms with Crippen molar-refractivity contribution in [3.8, 4) is 22.6 Å². The van der Waals surface area contributed by atoms with Gasteiger partial charge >= 0.3 is 0 Å². The number of ether oxygens (including phenoxy) is 3. The van der Waals surface area contributed by atoms with E-state index < -0.39 is 11.7 Å². The van der Waals surface area contributed by atoms with E-state index in [0.717, 1.165) is 13.0 Å². The summed E-state index contributed by atoms with van der Waals surface area (Å²) in [7, 11) is 5.56. The van der Waals surface area contributed by atoms with Gasteiger partial charge in [-0.15, -0.1) is 0 Å². The van der Waals surface area contributed by atoms with Crippen molar-refractivity contribution in [2.24, 2.45) is 5.41 Å². The zero-order valence-electron chi connectivity index (χ0n) is 22.8. The molecule has 39 heavy (non-hydrogen) atoms. The van der Waals surface area contributed by atoms with Crippen LogP contribution >= 0.6 is 0 Å². The zero-order valence-corrected chi connectivity index (χ0v) is 22.8. The molecular weight excluding hydrogens is 505 g/mol. The molecule has 3 heterocycles. The lowest BCUT2D eigenvalue weighted by atomic mass is 9.91. The highest BCUT2D eigenvalue weighted by atomic mass is 19.1. The number of halogens is 1. The monoisotopic (exact) mass is 541 g/mol. The molecule has 0 unspecified atom stereocenters. The predicted molar refractivity (Wildman–Crippen MR) is 144 cm³/mol. The molecule has 0 atom stereocenters. The van der Waals surface area contributed by atoms with E-state index in [2.05, 4.69) is 25.6 Å². The molecule has 1 fully saturated rings. The summed E-state index contributed by atoms with van der Waals surface area (Å²) in [5.41, 5.74) is 1.65. The Labute approximate surface area is 227 Å². The third kappa shape index (κ3) is 7.35. The SMILES string of the molecule is COCCCNc1nccc(-c2[nH]c(C3OCC(C)(C(=O)NCCN(C)C)CO3)nc2-c2ccc(F)cc2)n1. The first kappa shape index (κ1) is 28.6. The number of likely N-dealkylation sites (N-methyl/N-ethyl adjacent to an activating group) is 1. The van der Waals surface area contributed by atoms with E-state index in [-0.39, 0.29) is 24.9 Å². The maximum atomic E-state index is 13.7.